The maximum Gasteiger partial charge on any atom is 0.417 e. The predicted molar refractivity (Wildman–Crippen MR) is 78.2 cm³/mol. The van der Waals surface area contributed by atoms with Crippen LogP contribution in [0.1, 0.15) is 37.0 Å². The summed E-state index contributed by atoms with van der Waals surface area (Å²) in [6, 6.07) is 2.01. The summed E-state index contributed by atoms with van der Waals surface area (Å²) in [5, 5.41) is 3.28. The lowest BCUT2D eigenvalue weighted by Gasteiger charge is -2.35. The number of anilines is 1. The van der Waals surface area contributed by atoms with Crippen molar-refractivity contribution in [3.8, 4) is 0 Å². The Labute approximate surface area is 125 Å². The van der Waals surface area contributed by atoms with Crippen molar-refractivity contribution in [2.24, 2.45) is 0 Å². The molecule has 0 fully saturated rings. The van der Waals surface area contributed by atoms with E-state index in [0.29, 0.717) is 18.1 Å². The van der Waals surface area contributed by atoms with Crippen molar-refractivity contribution in [1.82, 2.24) is 0 Å². The van der Waals surface area contributed by atoms with E-state index in [1.54, 1.807) is 6.92 Å². The standard InChI is InChI=1S/C16H16F3NO2/c1-8-13-9(4-5-15(2,3)20-13)6-10-11(16(17,18)19)7-12(21)22-14(8)10/h6-7,20H,4-5H2,1-3H3. The average molecular weight is 311 g/mol. The number of aryl methyl sites for hydroxylation is 2. The number of benzene rings is 1. The second-order valence-electron chi connectivity index (χ2n) is 6.40. The summed E-state index contributed by atoms with van der Waals surface area (Å²) in [7, 11) is 0. The molecular formula is C16H16F3NO2. The van der Waals surface area contributed by atoms with Gasteiger partial charge < -0.3 is 9.73 Å². The Kier molecular flexibility index (Phi) is 3.06. The molecule has 118 valence electrons. The van der Waals surface area contributed by atoms with E-state index >= 15 is 0 Å². The van der Waals surface area contributed by atoms with Crippen LogP contribution < -0.4 is 10.9 Å². The molecule has 1 N–H and O–H groups in total. The number of halogens is 3. The van der Waals surface area contributed by atoms with E-state index in [0.717, 1.165) is 17.7 Å². The van der Waals surface area contributed by atoms with Crippen LogP contribution in [-0.2, 0) is 12.6 Å². The summed E-state index contributed by atoms with van der Waals surface area (Å²) in [6.45, 7) is 5.74. The molecule has 1 aliphatic heterocycles. The zero-order chi connectivity index (χ0) is 16.3. The molecule has 3 nitrogen and oxygen atoms in total. The smallest absolute Gasteiger partial charge is 0.417 e. The summed E-state index contributed by atoms with van der Waals surface area (Å²) in [5.74, 6) is 0. The Hall–Kier alpha value is -1.98. The van der Waals surface area contributed by atoms with Crippen LogP contribution >= 0.6 is 0 Å². The highest BCUT2D eigenvalue weighted by Gasteiger charge is 2.35. The molecule has 0 aliphatic carbocycles. The molecule has 0 atom stereocenters. The zero-order valence-corrected chi connectivity index (χ0v) is 12.5. The molecule has 0 saturated heterocycles. The molecule has 0 radical (unpaired) electrons. The monoisotopic (exact) mass is 311 g/mol. The SMILES string of the molecule is Cc1c2c(cc3c(C(F)(F)F)cc(=O)oc13)CCC(C)(C)N2. The molecule has 0 amide bonds. The second kappa shape index (κ2) is 4.51. The van der Waals surface area contributed by atoms with Crippen molar-refractivity contribution in [3.05, 3.63) is 39.2 Å². The number of rotatable bonds is 0. The largest absolute Gasteiger partial charge is 0.422 e. The van der Waals surface area contributed by atoms with E-state index in [9.17, 15) is 18.0 Å². The molecule has 0 saturated carbocycles. The average Bonchev–Trinajstić information content (AvgIpc) is 2.38. The van der Waals surface area contributed by atoms with Gasteiger partial charge in [0.1, 0.15) is 5.58 Å². The molecular weight excluding hydrogens is 295 g/mol. The van der Waals surface area contributed by atoms with Gasteiger partial charge in [-0.2, -0.15) is 13.2 Å². The van der Waals surface area contributed by atoms with Gasteiger partial charge in [0.25, 0.3) is 0 Å². The zero-order valence-electron chi connectivity index (χ0n) is 12.5. The molecule has 0 bridgehead atoms. The molecule has 0 unspecified atom stereocenters. The van der Waals surface area contributed by atoms with Crippen molar-refractivity contribution < 1.29 is 17.6 Å². The molecule has 0 spiro atoms. The van der Waals surface area contributed by atoms with Crippen LogP contribution in [0.15, 0.2) is 21.3 Å². The van der Waals surface area contributed by atoms with Gasteiger partial charge in [-0.05, 0) is 45.2 Å². The Morgan fingerprint density at radius 2 is 1.95 bits per heavy atom. The molecule has 6 heteroatoms. The van der Waals surface area contributed by atoms with E-state index in [-0.39, 0.29) is 16.5 Å². The summed E-state index contributed by atoms with van der Waals surface area (Å²) >= 11 is 0. The van der Waals surface area contributed by atoms with Gasteiger partial charge in [-0.3, -0.25) is 0 Å². The summed E-state index contributed by atoms with van der Waals surface area (Å²) in [4.78, 5) is 11.5. The molecule has 3 rings (SSSR count). The van der Waals surface area contributed by atoms with Crippen LogP contribution in [0.4, 0.5) is 18.9 Å². The quantitative estimate of drug-likeness (QED) is 0.739. The third kappa shape index (κ3) is 2.36. The Balaban J connectivity index is 2.37. The molecule has 1 aromatic heterocycles. The highest BCUT2D eigenvalue weighted by atomic mass is 19.4. The lowest BCUT2D eigenvalue weighted by molar-refractivity contribution is -0.136. The van der Waals surface area contributed by atoms with Gasteiger partial charge >= 0.3 is 11.8 Å². The fourth-order valence-electron chi connectivity index (χ4n) is 2.98. The van der Waals surface area contributed by atoms with E-state index in [4.69, 9.17) is 4.42 Å². The summed E-state index contributed by atoms with van der Waals surface area (Å²) in [5.41, 5.74) is 0.0717. The number of hydrogen-bond donors (Lipinski definition) is 1. The van der Waals surface area contributed by atoms with Crippen molar-refractivity contribution in [3.63, 3.8) is 0 Å². The molecule has 2 aromatic rings. The molecule has 2 heterocycles. The van der Waals surface area contributed by atoms with Crippen molar-refractivity contribution in [1.29, 1.82) is 0 Å². The maximum atomic E-state index is 13.2. The van der Waals surface area contributed by atoms with Gasteiger partial charge in [0.15, 0.2) is 0 Å². The van der Waals surface area contributed by atoms with Crippen molar-refractivity contribution in [2.45, 2.75) is 45.3 Å². The fourth-order valence-corrected chi connectivity index (χ4v) is 2.98. The van der Waals surface area contributed by atoms with Crippen LogP contribution in [0.3, 0.4) is 0 Å². The summed E-state index contributed by atoms with van der Waals surface area (Å²) in [6.07, 6.45) is -3.08. The third-order valence-electron chi connectivity index (χ3n) is 4.14. The van der Waals surface area contributed by atoms with E-state index in [2.05, 4.69) is 5.32 Å². The van der Waals surface area contributed by atoms with Gasteiger partial charge in [-0.15, -0.1) is 0 Å². The van der Waals surface area contributed by atoms with Gasteiger partial charge in [0.05, 0.1) is 5.56 Å². The Morgan fingerprint density at radius 3 is 2.59 bits per heavy atom. The van der Waals surface area contributed by atoms with Crippen LogP contribution in [0, 0.1) is 6.92 Å². The molecule has 1 aliphatic rings. The van der Waals surface area contributed by atoms with Gasteiger partial charge in [0, 0.05) is 28.2 Å². The van der Waals surface area contributed by atoms with Gasteiger partial charge in [-0.1, -0.05) is 0 Å². The van der Waals surface area contributed by atoms with Crippen LogP contribution in [0.5, 0.6) is 0 Å². The first-order valence-electron chi connectivity index (χ1n) is 7.04. The van der Waals surface area contributed by atoms with Gasteiger partial charge in [0.2, 0.25) is 0 Å². The number of hydrogen-bond acceptors (Lipinski definition) is 3. The van der Waals surface area contributed by atoms with Crippen LogP contribution in [0.25, 0.3) is 11.0 Å². The normalized spacial score (nSPS) is 17.2. The lowest BCUT2D eigenvalue weighted by Crippen LogP contribution is -2.35. The first-order chi connectivity index (χ1) is 10.1. The first-order valence-corrected chi connectivity index (χ1v) is 7.04. The molecule has 1 aromatic carbocycles. The predicted octanol–water partition coefficient (Wildman–Crippen LogP) is 4.26. The fraction of sp³-hybridized carbons (Fsp3) is 0.438. The Morgan fingerprint density at radius 1 is 1.27 bits per heavy atom. The second-order valence-corrected chi connectivity index (χ2v) is 6.40. The van der Waals surface area contributed by atoms with E-state index < -0.39 is 17.4 Å². The maximum absolute atomic E-state index is 13.2. The minimum Gasteiger partial charge on any atom is -0.422 e. The highest BCUT2D eigenvalue weighted by molar-refractivity contribution is 5.90. The number of nitrogens with one attached hydrogen (secondary N) is 1. The van der Waals surface area contributed by atoms with Crippen molar-refractivity contribution in [2.75, 3.05) is 5.32 Å². The van der Waals surface area contributed by atoms with Gasteiger partial charge in [-0.25, -0.2) is 4.79 Å². The van der Waals surface area contributed by atoms with E-state index in [1.165, 1.54) is 6.07 Å². The minimum absolute atomic E-state index is 0.00350. The van der Waals surface area contributed by atoms with Crippen molar-refractivity contribution >= 4 is 16.7 Å². The third-order valence-corrected chi connectivity index (χ3v) is 4.14. The minimum atomic E-state index is -4.59. The highest BCUT2D eigenvalue weighted by Crippen LogP contribution is 2.41. The van der Waals surface area contributed by atoms with Crippen LogP contribution in [-0.4, -0.2) is 5.54 Å². The lowest BCUT2D eigenvalue weighted by atomic mass is 9.86. The van der Waals surface area contributed by atoms with E-state index in [1.807, 2.05) is 13.8 Å². The number of alkyl halides is 3. The number of fused-ring (bicyclic) bond motifs is 2. The Bertz CT molecular complexity index is 819. The summed E-state index contributed by atoms with van der Waals surface area (Å²) < 4.78 is 44.6. The first kappa shape index (κ1) is 14.9. The topological polar surface area (TPSA) is 42.2 Å². The van der Waals surface area contributed by atoms with Crippen LogP contribution in [0.2, 0.25) is 0 Å². The molecule has 22 heavy (non-hydrogen) atoms.